The van der Waals surface area contributed by atoms with Gasteiger partial charge >= 0.3 is 5.97 Å². The van der Waals surface area contributed by atoms with Crippen LogP contribution in [-0.4, -0.2) is 21.2 Å². The van der Waals surface area contributed by atoms with Gasteiger partial charge in [0.15, 0.2) is 11.5 Å². The quantitative estimate of drug-likeness (QED) is 0.806. The molecule has 0 spiro atoms. The molecular weight excluding hydrogens is 196 g/mol. The minimum atomic E-state index is -1.09. The zero-order valence-corrected chi connectivity index (χ0v) is 7.97. The van der Waals surface area contributed by atoms with Crippen molar-refractivity contribution in [2.45, 2.75) is 6.92 Å². The van der Waals surface area contributed by atoms with Crippen molar-refractivity contribution in [3.63, 3.8) is 0 Å². The van der Waals surface area contributed by atoms with Crippen molar-refractivity contribution >= 4 is 5.97 Å². The topological polar surface area (TPSA) is 76.2 Å². The molecule has 0 amide bonds. The van der Waals surface area contributed by atoms with Crippen molar-refractivity contribution < 1.29 is 14.4 Å². The summed E-state index contributed by atoms with van der Waals surface area (Å²) in [4.78, 5) is 14.6. The lowest BCUT2D eigenvalue weighted by Crippen LogP contribution is -1.98. The maximum Gasteiger partial charge on any atom is 0.358 e. The lowest BCUT2D eigenvalue weighted by molar-refractivity contribution is 0.0685. The molecule has 2 aromatic heterocycles. The molecule has 0 saturated heterocycles. The summed E-state index contributed by atoms with van der Waals surface area (Å²) in [5.41, 5.74) is 1.23. The van der Waals surface area contributed by atoms with Gasteiger partial charge in [0.1, 0.15) is 0 Å². The Morgan fingerprint density at radius 1 is 1.40 bits per heavy atom. The zero-order chi connectivity index (χ0) is 10.8. The Balaban J connectivity index is 2.52. The minimum Gasteiger partial charge on any atom is -0.476 e. The Labute approximate surface area is 85.4 Å². The van der Waals surface area contributed by atoms with Gasteiger partial charge in [-0.25, -0.2) is 4.79 Å². The summed E-state index contributed by atoms with van der Waals surface area (Å²) in [5, 5.41) is 12.3. The van der Waals surface area contributed by atoms with Crippen LogP contribution >= 0.6 is 0 Å². The monoisotopic (exact) mass is 204 g/mol. The molecular formula is C10H8N2O3. The number of aromatic nitrogens is 2. The molecule has 2 heterocycles. The standard InChI is InChI=1S/C10H8N2O3/c1-6-8(10(13)14)12-15-9(6)7-2-4-11-5-3-7/h2-5H,1H3,(H,13,14). The van der Waals surface area contributed by atoms with Crippen LogP contribution in [0.3, 0.4) is 0 Å². The van der Waals surface area contributed by atoms with Gasteiger partial charge < -0.3 is 9.63 Å². The van der Waals surface area contributed by atoms with E-state index in [1.54, 1.807) is 31.5 Å². The van der Waals surface area contributed by atoms with Gasteiger partial charge in [-0.1, -0.05) is 5.16 Å². The number of aromatic carboxylic acids is 1. The maximum absolute atomic E-state index is 10.7. The molecule has 1 N–H and O–H groups in total. The van der Waals surface area contributed by atoms with Crippen LogP contribution in [-0.2, 0) is 0 Å². The Bertz CT molecular complexity index is 491. The number of pyridine rings is 1. The molecule has 0 radical (unpaired) electrons. The molecule has 5 nitrogen and oxygen atoms in total. The summed E-state index contributed by atoms with van der Waals surface area (Å²) in [7, 11) is 0. The second kappa shape index (κ2) is 3.53. The van der Waals surface area contributed by atoms with Crippen molar-refractivity contribution in [2.24, 2.45) is 0 Å². The molecule has 0 atom stereocenters. The van der Waals surface area contributed by atoms with Crippen molar-refractivity contribution in [1.29, 1.82) is 0 Å². The van der Waals surface area contributed by atoms with Crippen molar-refractivity contribution in [2.75, 3.05) is 0 Å². The van der Waals surface area contributed by atoms with Crippen LogP contribution in [0.15, 0.2) is 29.0 Å². The predicted molar refractivity (Wildman–Crippen MR) is 51.4 cm³/mol. The van der Waals surface area contributed by atoms with Gasteiger partial charge in [0.05, 0.1) is 0 Å². The van der Waals surface area contributed by atoms with E-state index in [-0.39, 0.29) is 5.69 Å². The molecule has 0 aromatic carbocycles. The predicted octanol–water partition coefficient (Wildman–Crippen LogP) is 1.74. The Morgan fingerprint density at radius 3 is 2.60 bits per heavy atom. The first-order valence-corrected chi connectivity index (χ1v) is 4.30. The van der Waals surface area contributed by atoms with E-state index in [4.69, 9.17) is 9.63 Å². The van der Waals surface area contributed by atoms with E-state index in [1.807, 2.05) is 0 Å². The summed E-state index contributed by atoms with van der Waals surface area (Å²) < 4.78 is 4.98. The summed E-state index contributed by atoms with van der Waals surface area (Å²) in [6, 6.07) is 3.47. The number of carboxylic acids is 1. The first-order chi connectivity index (χ1) is 7.20. The van der Waals surface area contributed by atoms with Crippen molar-refractivity contribution in [1.82, 2.24) is 10.1 Å². The van der Waals surface area contributed by atoms with Gasteiger partial charge in [0.2, 0.25) is 0 Å². The van der Waals surface area contributed by atoms with Crippen LogP contribution in [0, 0.1) is 6.92 Å². The highest BCUT2D eigenvalue weighted by atomic mass is 16.5. The minimum absolute atomic E-state index is 0.0539. The number of hydrogen-bond donors (Lipinski definition) is 1. The van der Waals surface area contributed by atoms with Crippen LogP contribution < -0.4 is 0 Å². The second-order valence-corrected chi connectivity index (χ2v) is 3.03. The van der Waals surface area contributed by atoms with Gasteiger partial charge in [-0.3, -0.25) is 4.98 Å². The van der Waals surface area contributed by atoms with E-state index in [2.05, 4.69) is 10.1 Å². The zero-order valence-electron chi connectivity index (χ0n) is 7.97. The van der Waals surface area contributed by atoms with Crippen LogP contribution in [0.5, 0.6) is 0 Å². The summed E-state index contributed by atoms with van der Waals surface area (Å²) >= 11 is 0. The average molecular weight is 204 g/mol. The maximum atomic E-state index is 10.7. The van der Waals surface area contributed by atoms with Crippen molar-refractivity contribution in [3.05, 3.63) is 35.8 Å². The second-order valence-electron chi connectivity index (χ2n) is 3.03. The number of rotatable bonds is 2. The molecule has 2 aromatic rings. The van der Waals surface area contributed by atoms with Crippen LogP contribution in [0.1, 0.15) is 16.1 Å². The van der Waals surface area contributed by atoms with Gasteiger partial charge in [0.25, 0.3) is 0 Å². The fourth-order valence-corrected chi connectivity index (χ4v) is 1.31. The highest BCUT2D eigenvalue weighted by molar-refractivity contribution is 5.88. The van der Waals surface area contributed by atoms with E-state index < -0.39 is 5.97 Å². The first kappa shape index (κ1) is 9.39. The largest absolute Gasteiger partial charge is 0.476 e. The number of carbonyl (C=O) groups is 1. The third-order valence-corrected chi connectivity index (χ3v) is 2.07. The molecule has 76 valence electrons. The average Bonchev–Trinajstić information content (AvgIpc) is 2.61. The molecule has 15 heavy (non-hydrogen) atoms. The normalized spacial score (nSPS) is 10.2. The molecule has 0 aliphatic heterocycles. The number of hydrogen-bond acceptors (Lipinski definition) is 4. The summed E-state index contributed by atoms with van der Waals surface area (Å²) in [6.07, 6.45) is 3.22. The molecule has 5 heteroatoms. The van der Waals surface area contributed by atoms with Gasteiger partial charge in [-0.05, 0) is 19.1 Å². The van der Waals surface area contributed by atoms with Gasteiger partial charge in [0, 0.05) is 23.5 Å². The molecule has 0 saturated carbocycles. The van der Waals surface area contributed by atoms with Gasteiger partial charge in [-0.15, -0.1) is 0 Å². The number of carboxylic acid groups (broad SMARTS) is 1. The van der Waals surface area contributed by atoms with Gasteiger partial charge in [-0.2, -0.15) is 0 Å². The first-order valence-electron chi connectivity index (χ1n) is 4.30. The van der Waals surface area contributed by atoms with E-state index in [0.717, 1.165) is 5.56 Å². The smallest absolute Gasteiger partial charge is 0.358 e. The number of nitrogens with zero attached hydrogens (tertiary/aromatic N) is 2. The van der Waals surface area contributed by atoms with Crippen LogP contribution in [0.2, 0.25) is 0 Å². The molecule has 2 rings (SSSR count). The molecule has 0 fully saturated rings. The van der Waals surface area contributed by atoms with Crippen LogP contribution in [0.25, 0.3) is 11.3 Å². The Kier molecular flexibility index (Phi) is 2.21. The highest BCUT2D eigenvalue weighted by Crippen LogP contribution is 2.24. The summed E-state index contributed by atoms with van der Waals surface area (Å²) in [5.74, 6) is -0.619. The lowest BCUT2D eigenvalue weighted by Gasteiger charge is -1.95. The SMILES string of the molecule is Cc1c(C(=O)O)noc1-c1ccncc1. The summed E-state index contributed by atoms with van der Waals surface area (Å²) in [6.45, 7) is 1.66. The molecule has 0 aliphatic carbocycles. The molecule has 0 unspecified atom stereocenters. The van der Waals surface area contributed by atoms with Crippen molar-refractivity contribution in [3.8, 4) is 11.3 Å². The third kappa shape index (κ3) is 1.59. The lowest BCUT2D eigenvalue weighted by atomic mass is 10.1. The fourth-order valence-electron chi connectivity index (χ4n) is 1.31. The third-order valence-electron chi connectivity index (χ3n) is 2.07. The van der Waals surface area contributed by atoms with E-state index in [9.17, 15) is 4.79 Å². The highest BCUT2D eigenvalue weighted by Gasteiger charge is 2.18. The molecule has 0 bridgehead atoms. The Morgan fingerprint density at radius 2 is 2.07 bits per heavy atom. The van der Waals surface area contributed by atoms with Crippen LogP contribution in [0.4, 0.5) is 0 Å². The van der Waals surface area contributed by atoms with E-state index in [1.165, 1.54) is 0 Å². The molecule has 0 aliphatic rings. The fraction of sp³-hybridized carbons (Fsp3) is 0.100. The van der Waals surface area contributed by atoms with E-state index in [0.29, 0.717) is 11.3 Å². The Hall–Kier alpha value is -2.17. The van der Waals surface area contributed by atoms with E-state index >= 15 is 0 Å².